The molecule has 0 aliphatic rings. The second kappa shape index (κ2) is 13.3. The molecule has 0 spiro atoms. The van der Waals surface area contributed by atoms with Gasteiger partial charge in [0.2, 0.25) is 0 Å². The standard InChI is InChI=1S/C30H29ClN4O3/c1-2-11-23(14-9-10-19-32-30(37)38-21-22-12-5-3-6-13-22)28-33-27-20-24(31)17-18-26(27)29(36)35(28)34-25-15-7-4-8-16-25/h1,3-8,12-13,15-18,20,23,34H,9-11,14,19,21H2,(H,32,37)/t23-/m0/s1. The Balaban J connectivity index is 1.44. The van der Waals surface area contributed by atoms with Crippen molar-refractivity contribution < 1.29 is 9.53 Å². The summed E-state index contributed by atoms with van der Waals surface area (Å²) in [5.41, 5.74) is 5.18. The van der Waals surface area contributed by atoms with Gasteiger partial charge in [0.15, 0.2) is 0 Å². The molecule has 4 aromatic rings. The molecule has 0 aliphatic heterocycles. The molecule has 194 valence electrons. The highest BCUT2D eigenvalue weighted by Gasteiger charge is 2.20. The van der Waals surface area contributed by atoms with Gasteiger partial charge in [-0.3, -0.25) is 10.2 Å². The van der Waals surface area contributed by atoms with Gasteiger partial charge in [0.05, 0.1) is 16.6 Å². The summed E-state index contributed by atoms with van der Waals surface area (Å²) >= 11 is 6.19. The van der Waals surface area contributed by atoms with Crippen LogP contribution in [0.4, 0.5) is 10.5 Å². The predicted molar refractivity (Wildman–Crippen MR) is 151 cm³/mol. The Morgan fingerprint density at radius 2 is 1.79 bits per heavy atom. The number of rotatable bonds is 11. The number of aromatic nitrogens is 2. The first kappa shape index (κ1) is 26.8. The van der Waals surface area contributed by atoms with Crippen LogP contribution in [0.25, 0.3) is 10.9 Å². The van der Waals surface area contributed by atoms with Crippen LogP contribution >= 0.6 is 11.6 Å². The van der Waals surface area contributed by atoms with E-state index >= 15 is 0 Å². The van der Waals surface area contributed by atoms with Crippen molar-refractivity contribution in [2.75, 3.05) is 12.0 Å². The third-order valence-corrected chi connectivity index (χ3v) is 6.30. The zero-order chi connectivity index (χ0) is 26.7. The quantitative estimate of drug-likeness (QED) is 0.181. The number of amides is 1. The van der Waals surface area contributed by atoms with Crippen LogP contribution in [0.1, 0.15) is 43.0 Å². The molecule has 0 unspecified atom stereocenters. The highest BCUT2D eigenvalue weighted by molar-refractivity contribution is 6.31. The first-order valence-corrected chi connectivity index (χ1v) is 12.8. The monoisotopic (exact) mass is 528 g/mol. The van der Waals surface area contributed by atoms with Gasteiger partial charge in [0.1, 0.15) is 12.4 Å². The van der Waals surface area contributed by atoms with E-state index in [4.69, 9.17) is 27.7 Å². The molecule has 1 amide bonds. The van der Waals surface area contributed by atoms with E-state index in [9.17, 15) is 9.59 Å². The molecular weight excluding hydrogens is 500 g/mol. The number of halogens is 1. The number of nitrogens with zero attached hydrogens (tertiary/aromatic N) is 2. The minimum absolute atomic E-state index is 0.183. The fourth-order valence-electron chi connectivity index (χ4n) is 4.14. The number of alkyl carbamates (subject to hydrolysis) is 1. The smallest absolute Gasteiger partial charge is 0.407 e. The van der Waals surface area contributed by atoms with E-state index in [-0.39, 0.29) is 18.1 Å². The minimum atomic E-state index is -0.456. The highest BCUT2D eigenvalue weighted by Crippen LogP contribution is 2.26. The second-order valence-corrected chi connectivity index (χ2v) is 9.28. The summed E-state index contributed by atoms with van der Waals surface area (Å²) < 4.78 is 6.73. The van der Waals surface area contributed by atoms with Crippen molar-refractivity contribution in [1.29, 1.82) is 0 Å². The van der Waals surface area contributed by atoms with E-state index in [2.05, 4.69) is 16.7 Å². The Morgan fingerprint density at radius 1 is 1.05 bits per heavy atom. The summed E-state index contributed by atoms with van der Waals surface area (Å²) in [5.74, 6) is 3.09. The van der Waals surface area contributed by atoms with Crippen LogP contribution in [0.2, 0.25) is 5.02 Å². The molecule has 1 atom stereocenters. The number of benzene rings is 3. The van der Waals surface area contributed by atoms with Gasteiger partial charge in [-0.15, -0.1) is 12.3 Å². The molecular formula is C30H29ClN4O3. The third-order valence-electron chi connectivity index (χ3n) is 6.06. The number of hydrogen-bond donors (Lipinski definition) is 2. The number of carbonyl (C=O) groups is 1. The van der Waals surface area contributed by atoms with E-state index in [0.29, 0.717) is 41.1 Å². The first-order chi connectivity index (χ1) is 18.5. The number of anilines is 1. The molecule has 7 nitrogen and oxygen atoms in total. The second-order valence-electron chi connectivity index (χ2n) is 8.84. The maximum absolute atomic E-state index is 13.5. The highest BCUT2D eigenvalue weighted by atomic mass is 35.5. The molecule has 3 aromatic carbocycles. The Kier molecular flexibility index (Phi) is 9.38. The van der Waals surface area contributed by atoms with E-state index in [1.54, 1.807) is 18.2 Å². The molecule has 0 fully saturated rings. The molecule has 8 heteroatoms. The number of fused-ring (bicyclic) bond motifs is 1. The molecule has 0 bridgehead atoms. The van der Waals surface area contributed by atoms with Gasteiger partial charge < -0.3 is 10.1 Å². The maximum atomic E-state index is 13.5. The Bertz CT molecular complexity index is 1470. The summed E-state index contributed by atoms with van der Waals surface area (Å²) in [5, 5.41) is 3.74. The molecule has 0 saturated carbocycles. The molecule has 1 heterocycles. The van der Waals surface area contributed by atoms with E-state index in [1.165, 1.54) is 4.68 Å². The number of unbranched alkanes of at least 4 members (excludes halogenated alkanes) is 1. The summed E-state index contributed by atoms with van der Waals surface area (Å²) in [4.78, 5) is 30.3. The van der Waals surface area contributed by atoms with Crippen molar-refractivity contribution in [1.82, 2.24) is 15.0 Å². The zero-order valence-electron chi connectivity index (χ0n) is 20.9. The lowest BCUT2D eigenvalue weighted by atomic mass is 9.97. The van der Waals surface area contributed by atoms with Gasteiger partial charge >= 0.3 is 6.09 Å². The van der Waals surface area contributed by atoms with Gasteiger partial charge in [0.25, 0.3) is 5.56 Å². The lowest BCUT2D eigenvalue weighted by Crippen LogP contribution is -2.32. The predicted octanol–water partition coefficient (Wildman–Crippen LogP) is 6.13. The van der Waals surface area contributed by atoms with Gasteiger partial charge in [-0.1, -0.05) is 66.6 Å². The average molecular weight is 529 g/mol. The summed E-state index contributed by atoms with van der Waals surface area (Å²) in [6.07, 6.45) is 7.83. The Morgan fingerprint density at radius 3 is 2.53 bits per heavy atom. The van der Waals surface area contributed by atoms with E-state index in [1.807, 2.05) is 60.7 Å². The fraction of sp³-hybridized carbons (Fsp3) is 0.233. The zero-order valence-corrected chi connectivity index (χ0v) is 21.7. The molecule has 4 rings (SSSR count). The third kappa shape index (κ3) is 7.15. The number of hydrogen-bond acceptors (Lipinski definition) is 5. The van der Waals surface area contributed by atoms with Crippen LogP contribution in [0, 0.1) is 12.3 Å². The fourth-order valence-corrected chi connectivity index (χ4v) is 4.31. The van der Waals surface area contributed by atoms with Gasteiger partial charge in [-0.05, 0) is 48.7 Å². The van der Waals surface area contributed by atoms with Crippen molar-refractivity contribution in [3.8, 4) is 12.3 Å². The number of carbonyl (C=O) groups excluding carboxylic acids is 1. The normalized spacial score (nSPS) is 11.5. The topological polar surface area (TPSA) is 85.2 Å². The Labute approximate surface area is 226 Å². The SMILES string of the molecule is C#CC[C@@H](CCCCNC(=O)OCc1ccccc1)c1nc2cc(Cl)ccc2c(=O)n1Nc1ccccc1. The maximum Gasteiger partial charge on any atom is 0.407 e. The molecule has 2 N–H and O–H groups in total. The average Bonchev–Trinajstić information content (AvgIpc) is 2.93. The molecule has 0 radical (unpaired) electrons. The van der Waals surface area contributed by atoms with Crippen LogP contribution < -0.4 is 16.3 Å². The van der Waals surface area contributed by atoms with Gasteiger partial charge in [-0.25, -0.2) is 14.5 Å². The van der Waals surface area contributed by atoms with E-state index in [0.717, 1.165) is 24.1 Å². The van der Waals surface area contributed by atoms with Crippen molar-refractivity contribution in [2.24, 2.45) is 0 Å². The minimum Gasteiger partial charge on any atom is -0.445 e. The van der Waals surface area contributed by atoms with Crippen LogP contribution in [-0.2, 0) is 11.3 Å². The van der Waals surface area contributed by atoms with Crippen molar-refractivity contribution in [2.45, 2.75) is 38.2 Å². The molecule has 1 aromatic heterocycles. The molecule has 38 heavy (non-hydrogen) atoms. The van der Waals surface area contributed by atoms with Crippen molar-refractivity contribution in [3.63, 3.8) is 0 Å². The largest absolute Gasteiger partial charge is 0.445 e. The van der Waals surface area contributed by atoms with Crippen molar-refractivity contribution in [3.05, 3.63) is 106 Å². The summed E-state index contributed by atoms with van der Waals surface area (Å²) in [6.45, 7) is 0.687. The summed E-state index contributed by atoms with van der Waals surface area (Å²) in [7, 11) is 0. The van der Waals surface area contributed by atoms with Crippen LogP contribution in [0.3, 0.4) is 0 Å². The summed E-state index contributed by atoms with van der Waals surface area (Å²) in [6, 6.07) is 24.0. The molecule has 0 saturated heterocycles. The molecule has 0 aliphatic carbocycles. The van der Waals surface area contributed by atoms with E-state index < -0.39 is 6.09 Å². The van der Waals surface area contributed by atoms with Crippen LogP contribution in [-0.4, -0.2) is 22.3 Å². The van der Waals surface area contributed by atoms with Crippen LogP contribution in [0.5, 0.6) is 0 Å². The number of terminal acetylenes is 1. The van der Waals surface area contributed by atoms with Gasteiger partial charge in [-0.2, -0.15) is 0 Å². The number of nitrogens with one attached hydrogen (secondary N) is 2. The van der Waals surface area contributed by atoms with Gasteiger partial charge in [0, 0.05) is 23.9 Å². The Hall–Kier alpha value is -4.28. The van der Waals surface area contributed by atoms with Crippen LogP contribution in [0.15, 0.2) is 83.7 Å². The lowest BCUT2D eigenvalue weighted by molar-refractivity contribution is 0.139. The lowest BCUT2D eigenvalue weighted by Gasteiger charge is -2.21. The number of para-hydroxylation sites is 1. The first-order valence-electron chi connectivity index (χ1n) is 12.5. The number of ether oxygens (including phenoxy) is 1. The van der Waals surface area contributed by atoms with Crippen molar-refractivity contribution >= 4 is 34.3 Å².